The molecule has 1 spiro atoms. The third-order valence-corrected chi connectivity index (χ3v) is 4.79. The number of carbonyl (C=O) groups is 2. The van der Waals surface area contributed by atoms with Gasteiger partial charge in [0.05, 0.1) is 6.54 Å². The molecule has 114 valence electrons. The van der Waals surface area contributed by atoms with Gasteiger partial charge in [-0.3, -0.25) is 9.59 Å². The number of hydrogen-bond acceptors (Lipinski definition) is 3. The van der Waals surface area contributed by atoms with Gasteiger partial charge in [-0.15, -0.1) is 0 Å². The van der Waals surface area contributed by atoms with Gasteiger partial charge in [0.15, 0.2) is 0 Å². The van der Waals surface area contributed by atoms with Gasteiger partial charge in [-0.05, 0) is 44.2 Å². The lowest BCUT2D eigenvalue weighted by Crippen LogP contribution is -2.44. The molecule has 2 amide bonds. The first kappa shape index (κ1) is 15.3. The van der Waals surface area contributed by atoms with Crippen molar-refractivity contribution in [2.45, 2.75) is 46.1 Å². The van der Waals surface area contributed by atoms with Crippen LogP contribution in [0.2, 0.25) is 0 Å². The van der Waals surface area contributed by atoms with Crippen LogP contribution in [0.15, 0.2) is 0 Å². The van der Waals surface area contributed by atoms with Crippen LogP contribution < -0.4 is 10.6 Å². The zero-order valence-electron chi connectivity index (χ0n) is 12.9. The van der Waals surface area contributed by atoms with Gasteiger partial charge in [-0.1, -0.05) is 13.8 Å². The minimum absolute atomic E-state index is 0.0365. The maximum absolute atomic E-state index is 12.1. The van der Waals surface area contributed by atoms with Gasteiger partial charge in [0, 0.05) is 19.0 Å². The molecule has 2 rings (SSSR count). The van der Waals surface area contributed by atoms with E-state index in [4.69, 9.17) is 0 Å². The second-order valence-electron chi connectivity index (χ2n) is 6.78. The number of nitrogens with zero attached hydrogens (tertiary/aromatic N) is 1. The first-order valence-electron chi connectivity index (χ1n) is 7.70. The van der Waals surface area contributed by atoms with E-state index in [1.807, 2.05) is 6.92 Å². The summed E-state index contributed by atoms with van der Waals surface area (Å²) in [5, 5.41) is 6.31. The molecule has 20 heavy (non-hydrogen) atoms. The molecule has 5 heteroatoms. The lowest BCUT2D eigenvalue weighted by atomic mass is 9.78. The molecule has 2 fully saturated rings. The molecule has 0 aromatic carbocycles. The van der Waals surface area contributed by atoms with Gasteiger partial charge < -0.3 is 15.5 Å². The summed E-state index contributed by atoms with van der Waals surface area (Å²) in [6, 6.07) is 0.146. The van der Waals surface area contributed by atoms with Crippen molar-refractivity contribution in [3.8, 4) is 0 Å². The molecule has 2 heterocycles. The maximum atomic E-state index is 12.1. The summed E-state index contributed by atoms with van der Waals surface area (Å²) in [7, 11) is 0. The molecule has 2 aliphatic rings. The quantitative estimate of drug-likeness (QED) is 0.799. The Labute approximate surface area is 121 Å². The van der Waals surface area contributed by atoms with Crippen LogP contribution in [0.1, 0.15) is 40.0 Å². The van der Waals surface area contributed by atoms with Gasteiger partial charge in [0.2, 0.25) is 11.8 Å². The van der Waals surface area contributed by atoms with E-state index < -0.39 is 0 Å². The summed E-state index contributed by atoms with van der Waals surface area (Å²) in [6.07, 6.45) is 2.69. The lowest BCUT2D eigenvalue weighted by molar-refractivity contribution is -0.133. The molecule has 1 unspecified atom stereocenters. The molecule has 0 bridgehead atoms. The van der Waals surface area contributed by atoms with Gasteiger partial charge in [-0.25, -0.2) is 0 Å². The molecular weight excluding hydrogens is 254 g/mol. The van der Waals surface area contributed by atoms with E-state index in [1.165, 1.54) is 0 Å². The predicted molar refractivity (Wildman–Crippen MR) is 78.2 cm³/mol. The number of hydrogen-bond donors (Lipinski definition) is 2. The Hall–Kier alpha value is -1.10. The Bertz CT molecular complexity index is 375. The molecule has 2 saturated heterocycles. The molecule has 5 nitrogen and oxygen atoms in total. The number of piperidine rings is 1. The zero-order chi connectivity index (χ0) is 14.8. The molecule has 0 radical (unpaired) electrons. The zero-order valence-corrected chi connectivity index (χ0v) is 12.9. The minimum atomic E-state index is -0.0365. The van der Waals surface area contributed by atoms with Crippen LogP contribution >= 0.6 is 0 Å². The third kappa shape index (κ3) is 3.51. The first-order chi connectivity index (χ1) is 9.42. The highest BCUT2D eigenvalue weighted by atomic mass is 16.2. The van der Waals surface area contributed by atoms with Crippen LogP contribution in [0.25, 0.3) is 0 Å². The Morgan fingerprint density at radius 3 is 2.60 bits per heavy atom. The van der Waals surface area contributed by atoms with E-state index in [0.29, 0.717) is 12.3 Å². The number of likely N-dealkylation sites (tertiary alicyclic amines) is 1. The van der Waals surface area contributed by atoms with Crippen molar-refractivity contribution in [1.82, 2.24) is 15.5 Å². The summed E-state index contributed by atoms with van der Waals surface area (Å²) < 4.78 is 0. The van der Waals surface area contributed by atoms with Crippen LogP contribution in [-0.2, 0) is 9.59 Å². The van der Waals surface area contributed by atoms with E-state index in [9.17, 15) is 9.59 Å². The smallest absolute Gasteiger partial charge is 0.239 e. The summed E-state index contributed by atoms with van der Waals surface area (Å²) in [4.78, 5) is 25.9. The number of carbonyl (C=O) groups excluding carboxylic acids is 2. The Morgan fingerprint density at radius 2 is 2.00 bits per heavy atom. The largest absolute Gasteiger partial charge is 0.352 e. The monoisotopic (exact) mass is 281 g/mol. The second-order valence-corrected chi connectivity index (χ2v) is 6.78. The van der Waals surface area contributed by atoms with Crippen LogP contribution in [0.5, 0.6) is 0 Å². The molecule has 0 aliphatic carbocycles. The average molecular weight is 281 g/mol. The van der Waals surface area contributed by atoms with Crippen molar-refractivity contribution in [2.24, 2.45) is 11.3 Å². The Kier molecular flexibility index (Phi) is 4.68. The first-order valence-corrected chi connectivity index (χ1v) is 7.70. The highest BCUT2D eigenvalue weighted by Gasteiger charge is 2.43. The molecule has 1 atom stereocenters. The maximum Gasteiger partial charge on any atom is 0.239 e. The SMILES string of the molecule is CC(C)C(C)NC(=O)CN1CC2(CCNCC2)CC1=O. The van der Waals surface area contributed by atoms with Crippen LogP contribution in [0, 0.1) is 11.3 Å². The summed E-state index contributed by atoms with van der Waals surface area (Å²) >= 11 is 0. The Morgan fingerprint density at radius 1 is 1.35 bits per heavy atom. The molecule has 2 N–H and O–H groups in total. The van der Waals surface area contributed by atoms with Crippen molar-refractivity contribution in [1.29, 1.82) is 0 Å². The number of nitrogens with one attached hydrogen (secondary N) is 2. The van der Waals surface area contributed by atoms with Crippen LogP contribution in [0.4, 0.5) is 0 Å². The minimum Gasteiger partial charge on any atom is -0.352 e. The predicted octanol–water partition coefficient (Wildman–Crippen LogP) is 0.749. The number of amides is 2. The van der Waals surface area contributed by atoms with Crippen molar-refractivity contribution >= 4 is 11.8 Å². The fourth-order valence-electron chi connectivity index (χ4n) is 3.06. The molecule has 0 aromatic heterocycles. The van der Waals surface area contributed by atoms with E-state index in [1.54, 1.807) is 4.90 Å². The summed E-state index contributed by atoms with van der Waals surface area (Å²) in [5.41, 5.74) is 0.117. The topological polar surface area (TPSA) is 61.4 Å². The van der Waals surface area contributed by atoms with Crippen LogP contribution in [-0.4, -0.2) is 48.9 Å². The van der Waals surface area contributed by atoms with Gasteiger partial charge in [0.1, 0.15) is 0 Å². The average Bonchev–Trinajstić information content (AvgIpc) is 2.65. The number of rotatable bonds is 4. The van der Waals surface area contributed by atoms with Crippen molar-refractivity contribution < 1.29 is 9.59 Å². The van der Waals surface area contributed by atoms with Gasteiger partial charge in [0.25, 0.3) is 0 Å². The highest BCUT2D eigenvalue weighted by molar-refractivity contribution is 5.86. The van der Waals surface area contributed by atoms with Crippen molar-refractivity contribution in [2.75, 3.05) is 26.2 Å². The molecule has 0 aromatic rings. The molecular formula is C15H27N3O2. The van der Waals surface area contributed by atoms with E-state index in [0.717, 1.165) is 32.5 Å². The van der Waals surface area contributed by atoms with Crippen LogP contribution in [0.3, 0.4) is 0 Å². The van der Waals surface area contributed by atoms with E-state index in [-0.39, 0.29) is 29.8 Å². The fourth-order valence-corrected chi connectivity index (χ4v) is 3.06. The molecule has 0 saturated carbocycles. The molecule has 2 aliphatic heterocycles. The summed E-state index contributed by atoms with van der Waals surface area (Å²) in [6.45, 7) is 9.09. The van der Waals surface area contributed by atoms with Crippen molar-refractivity contribution in [3.63, 3.8) is 0 Å². The van der Waals surface area contributed by atoms with Crippen molar-refractivity contribution in [3.05, 3.63) is 0 Å². The second kappa shape index (κ2) is 6.12. The lowest BCUT2D eigenvalue weighted by Gasteiger charge is -2.33. The van der Waals surface area contributed by atoms with E-state index in [2.05, 4.69) is 24.5 Å². The van der Waals surface area contributed by atoms with Gasteiger partial charge >= 0.3 is 0 Å². The fraction of sp³-hybridized carbons (Fsp3) is 0.867. The summed E-state index contributed by atoms with van der Waals surface area (Å²) in [5.74, 6) is 0.508. The van der Waals surface area contributed by atoms with E-state index >= 15 is 0 Å². The normalized spacial score (nSPS) is 23.4. The van der Waals surface area contributed by atoms with Gasteiger partial charge in [-0.2, -0.15) is 0 Å². The standard InChI is InChI=1S/C15H27N3O2/c1-11(2)12(3)17-13(19)9-18-10-15(8-14(18)20)4-6-16-7-5-15/h11-12,16H,4-10H2,1-3H3,(H,17,19). The highest BCUT2D eigenvalue weighted by Crippen LogP contribution is 2.39. The Balaban J connectivity index is 1.87. The third-order valence-electron chi connectivity index (χ3n) is 4.79.